The maximum Gasteiger partial charge on any atom is 0.336 e. The number of ether oxygens (including phenoxy) is 1. The molecule has 2 aliphatic heterocycles. The van der Waals surface area contributed by atoms with Crippen LogP contribution in [0.15, 0.2) is 27.4 Å². The van der Waals surface area contributed by atoms with Crippen molar-refractivity contribution >= 4 is 28.5 Å². The van der Waals surface area contributed by atoms with Crippen LogP contribution in [0.25, 0.3) is 11.0 Å². The van der Waals surface area contributed by atoms with Gasteiger partial charge in [0.2, 0.25) is 0 Å². The average Bonchev–Trinajstić information content (AvgIpc) is 2.77. The van der Waals surface area contributed by atoms with Crippen LogP contribution in [-0.4, -0.2) is 43.1 Å². The highest BCUT2D eigenvalue weighted by Crippen LogP contribution is 2.32. The minimum atomic E-state index is -0.397. The zero-order valence-corrected chi connectivity index (χ0v) is 18.9. The number of halogens is 1. The molecule has 1 amide bonds. The van der Waals surface area contributed by atoms with E-state index in [2.05, 4.69) is 17.1 Å². The largest absolute Gasteiger partial charge is 0.482 e. The first-order valence-electron chi connectivity index (χ1n) is 11.4. The van der Waals surface area contributed by atoms with Gasteiger partial charge in [-0.05, 0) is 62.7 Å². The van der Waals surface area contributed by atoms with Gasteiger partial charge < -0.3 is 19.4 Å². The van der Waals surface area contributed by atoms with E-state index in [4.69, 9.17) is 20.8 Å². The van der Waals surface area contributed by atoms with Gasteiger partial charge in [-0.25, -0.2) is 4.79 Å². The van der Waals surface area contributed by atoms with Gasteiger partial charge in [0.05, 0.1) is 5.02 Å². The Morgan fingerprint density at radius 3 is 2.90 bits per heavy atom. The Labute approximate surface area is 187 Å². The van der Waals surface area contributed by atoms with Gasteiger partial charge >= 0.3 is 5.63 Å². The van der Waals surface area contributed by atoms with E-state index in [1.165, 1.54) is 44.8 Å². The summed E-state index contributed by atoms with van der Waals surface area (Å²) in [6, 6.07) is 5.46. The molecule has 0 unspecified atom stereocenters. The lowest BCUT2D eigenvalue weighted by atomic mass is 9.83. The van der Waals surface area contributed by atoms with Crippen LogP contribution >= 0.6 is 11.6 Å². The Bertz CT molecular complexity index is 987. The van der Waals surface area contributed by atoms with Crippen LogP contribution in [0.3, 0.4) is 0 Å². The van der Waals surface area contributed by atoms with Crippen molar-refractivity contribution in [3.63, 3.8) is 0 Å². The summed E-state index contributed by atoms with van der Waals surface area (Å²) in [6.07, 6.45) is 7.84. The fourth-order valence-electron chi connectivity index (χ4n) is 5.07. The van der Waals surface area contributed by atoms with E-state index >= 15 is 0 Å². The quantitative estimate of drug-likeness (QED) is 0.646. The van der Waals surface area contributed by atoms with Crippen LogP contribution in [0, 0.1) is 5.92 Å². The van der Waals surface area contributed by atoms with E-state index in [0.717, 1.165) is 30.2 Å². The Hall–Kier alpha value is -2.05. The third-order valence-corrected chi connectivity index (χ3v) is 6.85. The maximum atomic E-state index is 12.4. The molecule has 1 aromatic carbocycles. The lowest BCUT2D eigenvalue weighted by molar-refractivity contribution is -0.123. The van der Waals surface area contributed by atoms with Crippen molar-refractivity contribution < 1.29 is 13.9 Å². The van der Waals surface area contributed by atoms with Gasteiger partial charge in [-0.3, -0.25) is 4.79 Å². The molecule has 1 aromatic heterocycles. The fourth-order valence-corrected chi connectivity index (χ4v) is 5.29. The average molecular weight is 447 g/mol. The van der Waals surface area contributed by atoms with Crippen molar-refractivity contribution in [2.45, 2.75) is 57.9 Å². The monoisotopic (exact) mass is 446 g/mol. The van der Waals surface area contributed by atoms with Crippen molar-refractivity contribution in [3.8, 4) is 5.75 Å². The van der Waals surface area contributed by atoms with Crippen LogP contribution in [-0.2, 0) is 11.2 Å². The van der Waals surface area contributed by atoms with Gasteiger partial charge in [0.1, 0.15) is 11.3 Å². The Morgan fingerprint density at radius 2 is 2.06 bits per heavy atom. The van der Waals surface area contributed by atoms with Crippen molar-refractivity contribution in [1.82, 2.24) is 10.2 Å². The number of nitrogens with one attached hydrogen (secondary N) is 1. The number of nitrogens with zero attached hydrogens (tertiary/aromatic N) is 1. The lowest BCUT2D eigenvalue weighted by Crippen LogP contribution is -2.51. The molecule has 31 heavy (non-hydrogen) atoms. The van der Waals surface area contributed by atoms with E-state index in [9.17, 15) is 9.59 Å². The number of rotatable bonds is 7. The first kappa shape index (κ1) is 22.2. The van der Waals surface area contributed by atoms with E-state index in [1.54, 1.807) is 12.1 Å². The Kier molecular flexibility index (Phi) is 7.18. The highest BCUT2D eigenvalue weighted by molar-refractivity contribution is 6.32. The number of amides is 1. The summed E-state index contributed by atoms with van der Waals surface area (Å²) in [5, 5.41) is 4.24. The maximum absolute atomic E-state index is 12.4. The molecule has 1 N–H and O–H groups in total. The third kappa shape index (κ3) is 5.24. The van der Waals surface area contributed by atoms with Gasteiger partial charge in [-0.1, -0.05) is 31.4 Å². The van der Waals surface area contributed by atoms with Crippen molar-refractivity contribution in [2.24, 2.45) is 5.92 Å². The summed E-state index contributed by atoms with van der Waals surface area (Å²) >= 11 is 6.39. The van der Waals surface area contributed by atoms with Crippen LogP contribution in [0.2, 0.25) is 5.02 Å². The molecule has 0 aliphatic carbocycles. The molecule has 2 atom stereocenters. The van der Waals surface area contributed by atoms with Crippen LogP contribution in [0.4, 0.5) is 0 Å². The number of carbonyl (C=O) groups excluding carboxylic acids is 1. The van der Waals surface area contributed by atoms with Crippen LogP contribution < -0.4 is 15.7 Å². The summed E-state index contributed by atoms with van der Waals surface area (Å²) < 4.78 is 11.0. The zero-order chi connectivity index (χ0) is 21.8. The van der Waals surface area contributed by atoms with Crippen LogP contribution in [0.1, 0.15) is 51.0 Å². The number of carbonyl (C=O) groups is 1. The molecule has 7 heteroatoms. The fraction of sp³-hybridized carbons (Fsp3) is 0.583. The lowest BCUT2D eigenvalue weighted by Gasteiger charge is -2.44. The van der Waals surface area contributed by atoms with Crippen molar-refractivity contribution in [1.29, 1.82) is 0 Å². The van der Waals surface area contributed by atoms with E-state index in [0.29, 0.717) is 34.9 Å². The predicted molar refractivity (Wildman–Crippen MR) is 122 cm³/mol. The summed E-state index contributed by atoms with van der Waals surface area (Å²) in [5.74, 6) is 0.691. The number of hydrogen-bond acceptors (Lipinski definition) is 5. The Morgan fingerprint density at radius 1 is 1.23 bits per heavy atom. The highest BCUT2D eigenvalue weighted by atomic mass is 35.5. The SMILES string of the molecule is CCCc1cc(=O)oc2cc(OCC(=O)NC[C@H]3CCCN4CCCC[C@H]34)c(Cl)cc12. The van der Waals surface area contributed by atoms with E-state index in [1.807, 2.05) is 0 Å². The molecule has 2 fully saturated rings. The third-order valence-electron chi connectivity index (χ3n) is 6.55. The van der Waals surface area contributed by atoms with Crippen LogP contribution in [0.5, 0.6) is 5.75 Å². The summed E-state index contributed by atoms with van der Waals surface area (Å²) in [5.41, 5.74) is 0.936. The van der Waals surface area contributed by atoms with E-state index in [-0.39, 0.29) is 12.5 Å². The van der Waals surface area contributed by atoms with Gasteiger partial charge in [0.15, 0.2) is 6.61 Å². The molecule has 2 saturated heterocycles. The standard InChI is InChI=1S/C24H31ClN2O4/c1-2-6-16-11-24(29)31-21-13-22(19(25)12-18(16)21)30-15-23(28)26-14-17-7-5-10-27-9-4-3-8-20(17)27/h11-13,17,20H,2-10,14-15H2,1H3,(H,26,28)/t17-,20-/m1/s1. The van der Waals surface area contributed by atoms with Gasteiger partial charge in [-0.2, -0.15) is 0 Å². The molecule has 0 bridgehead atoms. The molecule has 0 spiro atoms. The second kappa shape index (κ2) is 10.0. The molecule has 3 heterocycles. The molecule has 0 saturated carbocycles. The van der Waals surface area contributed by atoms with Gasteiger partial charge in [0.25, 0.3) is 5.91 Å². The van der Waals surface area contributed by atoms with Gasteiger partial charge in [0, 0.05) is 30.1 Å². The minimum absolute atomic E-state index is 0.120. The summed E-state index contributed by atoms with van der Waals surface area (Å²) in [4.78, 5) is 26.9. The summed E-state index contributed by atoms with van der Waals surface area (Å²) in [7, 11) is 0. The Balaban J connectivity index is 1.36. The molecule has 168 valence electrons. The molecule has 2 aromatic rings. The van der Waals surface area contributed by atoms with Crippen molar-refractivity contribution in [2.75, 3.05) is 26.2 Å². The predicted octanol–water partition coefficient (Wildman–Crippen LogP) is 4.16. The van der Waals surface area contributed by atoms with Gasteiger partial charge in [-0.15, -0.1) is 0 Å². The molecule has 4 rings (SSSR count). The first-order chi connectivity index (χ1) is 15.0. The molecule has 0 radical (unpaired) electrons. The smallest absolute Gasteiger partial charge is 0.336 e. The topological polar surface area (TPSA) is 71.8 Å². The number of piperidine rings is 2. The second-order valence-electron chi connectivity index (χ2n) is 8.71. The summed E-state index contributed by atoms with van der Waals surface area (Å²) in [6.45, 7) is 5.00. The number of benzene rings is 1. The normalized spacial score (nSPS) is 21.6. The molecule has 6 nitrogen and oxygen atoms in total. The minimum Gasteiger partial charge on any atom is -0.482 e. The molecular weight excluding hydrogens is 416 g/mol. The zero-order valence-electron chi connectivity index (χ0n) is 18.1. The molecule has 2 aliphatic rings. The number of aryl methyl sites for hydroxylation is 1. The van der Waals surface area contributed by atoms with E-state index < -0.39 is 5.63 Å². The molecular formula is C24H31ClN2O4. The first-order valence-corrected chi connectivity index (χ1v) is 11.8. The second-order valence-corrected chi connectivity index (χ2v) is 9.12. The highest BCUT2D eigenvalue weighted by Gasteiger charge is 2.32. The number of fused-ring (bicyclic) bond motifs is 2. The number of hydrogen-bond donors (Lipinski definition) is 1. The van der Waals surface area contributed by atoms with Crippen molar-refractivity contribution in [3.05, 3.63) is 39.2 Å².